The SMILES string of the molecule is COC(=O)c1ccc(NC(=O)C2CCCN(Cc3nc(-c4ccccc4C)no3)C2)cc1. The molecule has 0 bridgehead atoms. The van der Waals surface area contributed by atoms with Crippen LogP contribution < -0.4 is 5.32 Å². The van der Waals surface area contributed by atoms with E-state index < -0.39 is 5.97 Å². The molecule has 166 valence electrons. The number of benzene rings is 2. The van der Waals surface area contributed by atoms with E-state index in [0.29, 0.717) is 36.1 Å². The zero-order chi connectivity index (χ0) is 22.5. The molecule has 1 fully saturated rings. The topological polar surface area (TPSA) is 97.6 Å². The van der Waals surface area contributed by atoms with E-state index in [1.54, 1.807) is 24.3 Å². The normalized spacial score (nSPS) is 16.5. The predicted molar refractivity (Wildman–Crippen MR) is 119 cm³/mol. The average Bonchev–Trinajstić information content (AvgIpc) is 3.27. The number of nitrogens with zero attached hydrogens (tertiary/aromatic N) is 3. The van der Waals surface area contributed by atoms with Gasteiger partial charge in [-0.2, -0.15) is 4.98 Å². The summed E-state index contributed by atoms with van der Waals surface area (Å²) in [6, 6.07) is 14.6. The number of carbonyl (C=O) groups is 2. The molecule has 32 heavy (non-hydrogen) atoms. The number of piperidine rings is 1. The van der Waals surface area contributed by atoms with Crippen molar-refractivity contribution in [2.75, 3.05) is 25.5 Å². The summed E-state index contributed by atoms with van der Waals surface area (Å²) in [6.45, 7) is 4.02. The number of nitrogens with one attached hydrogen (secondary N) is 1. The summed E-state index contributed by atoms with van der Waals surface area (Å²) in [5.74, 6) is 0.550. The molecule has 1 unspecified atom stereocenters. The molecule has 1 aliphatic rings. The first kappa shape index (κ1) is 21.7. The molecule has 0 saturated carbocycles. The van der Waals surface area contributed by atoms with Crippen LogP contribution in [0.3, 0.4) is 0 Å². The highest BCUT2D eigenvalue weighted by Gasteiger charge is 2.27. The van der Waals surface area contributed by atoms with Crippen molar-refractivity contribution in [2.24, 2.45) is 5.92 Å². The van der Waals surface area contributed by atoms with Crippen LogP contribution in [0.1, 0.15) is 34.7 Å². The molecule has 2 aromatic carbocycles. The highest BCUT2D eigenvalue weighted by Crippen LogP contribution is 2.23. The minimum Gasteiger partial charge on any atom is -0.465 e. The second-order valence-electron chi connectivity index (χ2n) is 7.96. The van der Waals surface area contributed by atoms with E-state index in [9.17, 15) is 9.59 Å². The number of rotatable bonds is 6. The van der Waals surface area contributed by atoms with Crippen molar-refractivity contribution >= 4 is 17.6 Å². The largest absolute Gasteiger partial charge is 0.465 e. The number of hydrogen-bond acceptors (Lipinski definition) is 7. The fraction of sp³-hybridized carbons (Fsp3) is 0.333. The van der Waals surface area contributed by atoms with Gasteiger partial charge in [0.05, 0.1) is 25.1 Å². The van der Waals surface area contributed by atoms with Gasteiger partial charge in [0.15, 0.2) is 0 Å². The van der Waals surface area contributed by atoms with Crippen molar-refractivity contribution in [1.29, 1.82) is 0 Å². The van der Waals surface area contributed by atoms with Crippen LogP contribution in [0, 0.1) is 12.8 Å². The molecule has 8 heteroatoms. The lowest BCUT2D eigenvalue weighted by Crippen LogP contribution is -2.40. The Balaban J connectivity index is 1.35. The first-order valence-corrected chi connectivity index (χ1v) is 10.6. The van der Waals surface area contributed by atoms with Gasteiger partial charge in [-0.05, 0) is 56.1 Å². The molecule has 4 rings (SSSR count). The molecule has 1 N–H and O–H groups in total. The number of anilines is 1. The van der Waals surface area contributed by atoms with Crippen LogP contribution in [0.4, 0.5) is 5.69 Å². The summed E-state index contributed by atoms with van der Waals surface area (Å²) in [7, 11) is 1.34. The standard InChI is InChI=1S/C24H26N4O4/c1-16-6-3-4-8-20(16)22-26-21(32-27-22)15-28-13-5-7-18(14-28)23(29)25-19-11-9-17(10-12-19)24(30)31-2/h3-4,6,8-12,18H,5,7,13-15H2,1-2H3,(H,25,29). The fourth-order valence-electron chi connectivity index (χ4n) is 3.91. The van der Waals surface area contributed by atoms with Crippen LogP contribution in [0.15, 0.2) is 53.1 Å². The highest BCUT2D eigenvalue weighted by molar-refractivity contribution is 5.94. The van der Waals surface area contributed by atoms with E-state index in [1.165, 1.54) is 7.11 Å². The Morgan fingerprint density at radius 1 is 1.19 bits per heavy atom. The zero-order valence-corrected chi connectivity index (χ0v) is 18.2. The van der Waals surface area contributed by atoms with Gasteiger partial charge in [0.2, 0.25) is 17.6 Å². The average molecular weight is 434 g/mol. The Kier molecular flexibility index (Phi) is 6.61. The molecule has 1 amide bonds. The first-order valence-electron chi connectivity index (χ1n) is 10.6. The van der Waals surface area contributed by atoms with Crippen LogP contribution in [0.5, 0.6) is 0 Å². The number of hydrogen-bond donors (Lipinski definition) is 1. The summed E-state index contributed by atoms with van der Waals surface area (Å²) < 4.78 is 10.2. The molecule has 8 nitrogen and oxygen atoms in total. The summed E-state index contributed by atoms with van der Waals surface area (Å²) in [4.78, 5) is 31.0. The molecule has 3 aromatic rings. The zero-order valence-electron chi connectivity index (χ0n) is 18.2. The Bertz CT molecular complexity index is 1090. The van der Waals surface area contributed by atoms with Crippen LogP contribution >= 0.6 is 0 Å². The van der Waals surface area contributed by atoms with E-state index in [-0.39, 0.29) is 11.8 Å². The number of ether oxygens (including phenoxy) is 1. The van der Waals surface area contributed by atoms with Gasteiger partial charge >= 0.3 is 5.97 Å². The van der Waals surface area contributed by atoms with E-state index in [0.717, 1.165) is 30.5 Å². The lowest BCUT2D eigenvalue weighted by atomic mass is 9.97. The number of esters is 1. The number of amides is 1. The Morgan fingerprint density at radius 2 is 1.97 bits per heavy atom. The third-order valence-corrected chi connectivity index (χ3v) is 5.66. The van der Waals surface area contributed by atoms with Crippen molar-refractivity contribution in [2.45, 2.75) is 26.3 Å². The lowest BCUT2D eigenvalue weighted by molar-refractivity contribution is -0.121. The number of likely N-dealkylation sites (tertiary alicyclic amines) is 1. The maximum Gasteiger partial charge on any atom is 0.337 e. The number of aromatic nitrogens is 2. The Hall–Kier alpha value is -3.52. The molecular formula is C24H26N4O4. The van der Waals surface area contributed by atoms with Gasteiger partial charge in [0.25, 0.3) is 0 Å². The number of carbonyl (C=O) groups excluding carboxylic acids is 2. The lowest BCUT2D eigenvalue weighted by Gasteiger charge is -2.30. The van der Waals surface area contributed by atoms with Crippen molar-refractivity contribution in [1.82, 2.24) is 15.0 Å². The summed E-state index contributed by atoms with van der Waals surface area (Å²) in [6.07, 6.45) is 1.74. The summed E-state index contributed by atoms with van der Waals surface area (Å²) in [5, 5.41) is 7.07. The fourth-order valence-corrected chi connectivity index (χ4v) is 3.91. The molecule has 0 spiro atoms. The molecule has 1 atom stereocenters. The molecular weight excluding hydrogens is 408 g/mol. The minimum atomic E-state index is -0.405. The van der Waals surface area contributed by atoms with Gasteiger partial charge in [0, 0.05) is 17.8 Å². The Morgan fingerprint density at radius 3 is 2.72 bits per heavy atom. The number of aryl methyl sites for hydroxylation is 1. The summed E-state index contributed by atoms with van der Waals surface area (Å²) in [5.41, 5.74) is 3.14. The van der Waals surface area contributed by atoms with Crippen molar-refractivity contribution in [3.63, 3.8) is 0 Å². The van der Waals surface area contributed by atoms with Gasteiger partial charge in [-0.15, -0.1) is 0 Å². The molecule has 2 heterocycles. The third kappa shape index (κ3) is 5.03. The molecule has 0 radical (unpaired) electrons. The molecule has 1 saturated heterocycles. The highest BCUT2D eigenvalue weighted by atomic mass is 16.5. The smallest absolute Gasteiger partial charge is 0.337 e. The van der Waals surface area contributed by atoms with Crippen LogP contribution in [0.2, 0.25) is 0 Å². The Labute approximate surface area is 186 Å². The first-order chi connectivity index (χ1) is 15.5. The molecule has 1 aliphatic heterocycles. The van der Waals surface area contributed by atoms with Crippen LogP contribution in [-0.2, 0) is 16.1 Å². The van der Waals surface area contributed by atoms with Crippen molar-refractivity contribution < 1.29 is 18.8 Å². The second-order valence-corrected chi connectivity index (χ2v) is 7.96. The van der Waals surface area contributed by atoms with Crippen molar-refractivity contribution in [3.05, 3.63) is 65.5 Å². The van der Waals surface area contributed by atoms with Crippen LogP contribution in [0.25, 0.3) is 11.4 Å². The third-order valence-electron chi connectivity index (χ3n) is 5.66. The number of methoxy groups -OCH3 is 1. The van der Waals surface area contributed by atoms with E-state index >= 15 is 0 Å². The maximum absolute atomic E-state index is 12.8. The van der Waals surface area contributed by atoms with Crippen molar-refractivity contribution in [3.8, 4) is 11.4 Å². The monoisotopic (exact) mass is 434 g/mol. The second kappa shape index (κ2) is 9.74. The quantitative estimate of drug-likeness (QED) is 0.591. The molecule has 1 aromatic heterocycles. The van der Waals surface area contributed by atoms with Gasteiger partial charge in [-0.3, -0.25) is 9.69 Å². The van der Waals surface area contributed by atoms with E-state index in [4.69, 9.17) is 9.26 Å². The van der Waals surface area contributed by atoms with E-state index in [1.807, 2.05) is 31.2 Å². The molecule has 0 aliphatic carbocycles. The van der Waals surface area contributed by atoms with E-state index in [2.05, 4.69) is 20.4 Å². The minimum absolute atomic E-state index is 0.0355. The van der Waals surface area contributed by atoms with Gasteiger partial charge in [0.1, 0.15) is 0 Å². The summed E-state index contributed by atoms with van der Waals surface area (Å²) >= 11 is 0. The van der Waals surface area contributed by atoms with Crippen LogP contribution in [-0.4, -0.2) is 47.1 Å². The maximum atomic E-state index is 12.8. The van der Waals surface area contributed by atoms with Gasteiger partial charge in [-0.25, -0.2) is 4.79 Å². The van der Waals surface area contributed by atoms with Gasteiger partial charge < -0.3 is 14.6 Å². The predicted octanol–water partition coefficient (Wildman–Crippen LogP) is 3.68. The van der Waals surface area contributed by atoms with Gasteiger partial charge in [-0.1, -0.05) is 29.4 Å².